The SMILES string of the molecule is Cc1[nH]c2ccccc2c1CCC(=O)c1ccccc1C(=O)O. The Hall–Kier alpha value is -2.88. The molecule has 2 N–H and O–H groups in total. The van der Waals surface area contributed by atoms with E-state index in [1.165, 1.54) is 6.07 Å². The van der Waals surface area contributed by atoms with Crippen LogP contribution in [0.25, 0.3) is 10.9 Å². The summed E-state index contributed by atoms with van der Waals surface area (Å²) in [7, 11) is 0. The van der Waals surface area contributed by atoms with Crippen LogP contribution in [-0.2, 0) is 6.42 Å². The first kappa shape index (κ1) is 15.0. The first-order chi connectivity index (χ1) is 11.1. The molecule has 23 heavy (non-hydrogen) atoms. The molecule has 0 bridgehead atoms. The number of carbonyl (C=O) groups is 2. The van der Waals surface area contributed by atoms with Crippen molar-refractivity contribution in [2.75, 3.05) is 0 Å². The Morgan fingerprint density at radius 3 is 2.39 bits per heavy atom. The number of aromatic carboxylic acids is 1. The monoisotopic (exact) mass is 307 g/mol. The molecular weight excluding hydrogens is 290 g/mol. The summed E-state index contributed by atoms with van der Waals surface area (Å²) in [5.41, 5.74) is 3.55. The molecule has 0 saturated heterocycles. The van der Waals surface area contributed by atoms with Gasteiger partial charge in [-0.15, -0.1) is 0 Å². The van der Waals surface area contributed by atoms with Gasteiger partial charge in [0, 0.05) is 28.6 Å². The van der Waals surface area contributed by atoms with Crippen molar-refractivity contribution in [3.05, 3.63) is 70.9 Å². The summed E-state index contributed by atoms with van der Waals surface area (Å²) in [5, 5.41) is 10.3. The van der Waals surface area contributed by atoms with Gasteiger partial charge in [0.15, 0.2) is 5.78 Å². The predicted molar refractivity (Wildman–Crippen MR) is 89.1 cm³/mol. The minimum atomic E-state index is -1.07. The maximum Gasteiger partial charge on any atom is 0.336 e. The number of para-hydroxylation sites is 1. The summed E-state index contributed by atoms with van der Waals surface area (Å²) < 4.78 is 0. The number of Topliss-reactive ketones (excluding diaryl/α,β-unsaturated/α-hetero) is 1. The molecule has 3 aromatic rings. The lowest BCUT2D eigenvalue weighted by atomic mass is 9.97. The molecule has 0 radical (unpaired) electrons. The topological polar surface area (TPSA) is 70.2 Å². The van der Waals surface area contributed by atoms with Crippen molar-refractivity contribution in [1.82, 2.24) is 4.98 Å². The number of carbonyl (C=O) groups excluding carboxylic acids is 1. The first-order valence-electron chi connectivity index (χ1n) is 7.49. The summed E-state index contributed by atoms with van der Waals surface area (Å²) in [4.78, 5) is 27.0. The molecule has 116 valence electrons. The molecule has 1 heterocycles. The number of aromatic nitrogens is 1. The molecule has 4 nitrogen and oxygen atoms in total. The number of benzene rings is 2. The fourth-order valence-electron chi connectivity index (χ4n) is 2.94. The van der Waals surface area contributed by atoms with Crippen LogP contribution in [0.2, 0.25) is 0 Å². The molecule has 0 unspecified atom stereocenters. The van der Waals surface area contributed by atoms with Gasteiger partial charge in [-0.2, -0.15) is 0 Å². The fourth-order valence-corrected chi connectivity index (χ4v) is 2.94. The number of rotatable bonds is 5. The highest BCUT2D eigenvalue weighted by Crippen LogP contribution is 2.24. The van der Waals surface area contributed by atoms with Crippen molar-refractivity contribution in [2.45, 2.75) is 19.8 Å². The van der Waals surface area contributed by atoms with Crippen LogP contribution in [0.15, 0.2) is 48.5 Å². The number of fused-ring (bicyclic) bond motifs is 1. The molecule has 0 atom stereocenters. The van der Waals surface area contributed by atoms with Crippen molar-refractivity contribution >= 4 is 22.7 Å². The van der Waals surface area contributed by atoms with E-state index >= 15 is 0 Å². The number of nitrogens with one attached hydrogen (secondary N) is 1. The van der Waals surface area contributed by atoms with Crippen LogP contribution in [0.4, 0.5) is 0 Å². The quantitative estimate of drug-likeness (QED) is 0.700. The Kier molecular flexibility index (Phi) is 3.98. The van der Waals surface area contributed by atoms with Gasteiger partial charge in [-0.3, -0.25) is 4.79 Å². The zero-order valence-electron chi connectivity index (χ0n) is 12.8. The Labute approximate surface area is 133 Å². The van der Waals surface area contributed by atoms with Crippen molar-refractivity contribution in [3.63, 3.8) is 0 Å². The first-order valence-corrected chi connectivity index (χ1v) is 7.49. The smallest absolute Gasteiger partial charge is 0.336 e. The summed E-state index contributed by atoms with van der Waals surface area (Å²) in [6.45, 7) is 1.99. The second-order valence-corrected chi connectivity index (χ2v) is 5.55. The maximum atomic E-state index is 12.4. The third-order valence-electron chi connectivity index (χ3n) is 4.09. The lowest BCUT2D eigenvalue weighted by Crippen LogP contribution is -2.09. The molecule has 0 amide bonds. The molecule has 0 saturated carbocycles. The van der Waals surface area contributed by atoms with E-state index in [0.717, 1.165) is 22.2 Å². The average Bonchev–Trinajstić information content (AvgIpc) is 2.88. The highest BCUT2D eigenvalue weighted by atomic mass is 16.4. The molecule has 0 spiro atoms. The largest absolute Gasteiger partial charge is 0.478 e. The molecule has 0 aliphatic carbocycles. The third-order valence-corrected chi connectivity index (χ3v) is 4.09. The Bertz CT molecular complexity index is 893. The van der Waals surface area contributed by atoms with Crippen molar-refractivity contribution < 1.29 is 14.7 Å². The lowest BCUT2D eigenvalue weighted by molar-refractivity contribution is 0.0691. The minimum Gasteiger partial charge on any atom is -0.478 e. The minimum absolute atomic E-state index is 0.0631. The van der Waals surface area contributed by atoms with E-state index in [9.17, 15) is 14.7 Å². The highest BCUT2D eigenvalue weighted by Gasteiger charge is 2.17. The van der Waals surface area contributed by atoms with E-state index in [0.29, 0.717) is 6.42 Å². The van der Waals surface area contributed by atoms with E-state index < -0.39 is 5.97 Å². The molecule has 2 aromatic carbocycles. The van der Waals surface area contributed by atoms with Gasteiger partial charge in [-0.25, -0.2) is 4.79 Å². The number of carboxylic acids is 1. The molecule has 0 fully saturated rings. The third kappa shape index (κ3) is 2.88. The van der Waals surface area contributed by atoms with E-state index in [4.69, 9.17) is 0 Å². The van der Waals surface area contributed by atoms with Crippen molar-refractivity contribution in [2.24, 2.45) is 0 Å². The van der Waals surface area contributed by atoms with Crippen LogP contribution in [0, 0.1) is 6.92 Å². The van der Waals surface area contributed by atoms with Gasteiger partial charge < -0.3 is 10.1 Å². The molecule has 0 aliphatic rings. The summed E-state index contributed by atoms with van der Waals surface area (Å²) >= 11 is 0. The van der Waals surface area contributed by atoms with Gasteiger partial charge in [0.2, 0.25) is 0 Å². The van der Waals surface area contributed by atoms with Gasteiger partial charge in [0.1, 0.15) is 0 Å². The van der Waals surface area contributed by atoms with Crippen LogP contribution in [0.1, 0.15) is 38.4 Å². The van der Waals surface area contributed by atoms with Crippen LogP contribution in [0.5, 0.6) is 0 Å². The highest BCUT2D eigenvalue weighted by molar-refractivity contribution is 6.06. The normalized spacial score (nSPS) is 10.8. The average molecular weight is 307 g/mol. The number of aryl methyl sites for hydroxylation is 2. The van der Waals surface area contributed by atoms with Gasteiger partial charge >= 0.3 is 5.97 Å². The van der Waals surface area contributed by atoms with E-state index in [1.807, 2.05) is 31.2 Å². The van der Waals surface area contributed by atoms with Gasteiger partial charge in [-0.05, 0) is 31.0 Å². The molecule has 3 rings (SSSR count). The summed E-state index contributed by atoms with van der Waals surface area (Å²) in [6, 6.07) is 14.3. The van der Waals surface area contributed by atoms with E-state index in [-0.39, 0.29) is 23.3 Å². The summed E-state index contributed by atoms with van der Waals surface area (Å²) in [6.07, 6.45) is 0.871. The number of H-pyrrole nitrogens is 1. The van der Waals surface area contributed by atoms with Crippen LogP contribution in [-0.4, -0.2) is 21.8 Å². The van der Waals surface area contributed by atoms with Gasteiger partial charge in [0.25, 0.3) is 0 Å². The zero-order chi connectivity index (χ0) is 16.4. The maximum absolute atomic E-state index is 12.4. The van der Waals surface area contributed by atoms with E-state index in [1.54, 1.807) is 18.2 Å². The molecular formula is C19H17NO3. The Morgan fingerprint density at radius 1 is 1.00 bits per heavy atom. The second kappa shape index (κ2) is 6.08. The molecule has 4 heteroatoms. The van der Waals surface area contributed by atoms with Crippen LogP contribution < -0.4 is 0 Å². The number of hydrogen-bond acceptors (Lipinski definition) is 2. The Morgan fingerprint density at radius 2 is 1.65 bits per heavy atom. The Balaban J connectivity index is 1.84. The van der Waals surface area contributed by atoms with Gasteiger partial charge in [0.05, 0.1) is 5.56 Å². The lowest BCUT2D eigenvalue weighted by Gasteiger charge is -2.05. The van der Waals surface area contributed by atoms with E-state index in [2.05, 4.69) is 4.98 Å². The standard InChI is InChI=1S/C19H17NO3/c1-12-13(14-6-4-5-9-17(14)20-12)10-11-18(21)15-7-2-3-8-16(15)19(22)23/h2-9,20H,10-11H2,1H3,(H,22,23). The predicted octanol–water partition coefficient (Wildman–Crippen LogP) is 3.99. The summed E-state index contributed by atoms with van der Waals surface area (Å²) in [5.74, 6) is -1.22. The zero-order valence-corrected chi connectivity index (χ0v) is 12.8. The molecule has 0 aliphatic heterocycles. The number of carboxylic acid groups (broad SMARTS) is 1. The number of aromatic amines is 1. The van der Waals surface area contributed by atoms with Crippen LogP contribution in [0.3, 0.4) is 0 Å². The fraction of sp³-hybridized carbons (Fsp3) is 0.158. The van der Waals surface area contributed by atoms with Crippen molar-refractivity contribution in [3.8, 4) is 0 Å². The van der Waals surface area contributed by atoms with Crippen molar-refractivity contribution in [1.29, 1.82) is 0 Å². The van der Waals surface area contributed by atoms with Gasteiger partial charge in [-0.1, -0.05) is 36.4 Å². The number of hydrogen-bond donors (Lipinski definition) is 2. The van der Waals surface area contributed by atoms with Crippen LogP contribution >= 0.6 is 0 Å². The molecule has 1 aromatic heterocycles. The second-order valence-electron chi connectivity index (χ2n) is 5.55. The number of ketones is 1.